The molecule has 0 aliphatic heterocycles. The first kappa shape index (κ1) is 14.8. The number of nitrogens with one attached hydrogen (secondary N) is 2. The van der Waals surface area contributed by atoms with Gasteiger partial charge in [0.1, 0.15) is 11.8 Å². The molecular formula is C19H16N4. The molecule has 0 saturated heterocycles. The predicted octanol–water partition coefficient (Wildman–Crippen LogP) is 3.74. The van der Waals surface area contributed by atoms with Crippen molar-refractivity contribution in [3.8, 4) is 17.2 Å². The van der Waals surface area contributed by atoms with E-state index in [2.05, 4.69) is 21.9 Å². The summed E-state index contributed by atoms with van der Waals surface area (Å²) in [5.74, 6) is 0. The van der Waals surface area contributed by atoms with Gasteiger partial charge < -0.3 is 5.43 Å². The molecule has 2 aromatic carbocycles. The van der Waals surface area contributed by atoms with E-state index in [1.165, 1.54) is 0 Å². The van der Waals surface area contributed by atoms with E-state index < -0.39 is 0 Å². The van der Waals surface area contributed by atoms with Crippen LogP contribution in [0.5, 0.6) is 0 Å². The maximum atomic E-state index is 9.13. The highest BCUT2D eigenvalue weighted by Crippen LogP contribution is 2.22. The third kappa shape index (κ3) is 3.73. The third-order valence-electron chi connectivity index (χ3n) is 3.48. The highest BCUT2D eigenvalue weighted by molar-refractivity contribution is 5.68. The lowest BCUT2D eigenvalue weighted by atomic mass is 10.0. The van der Waals surface area contributed by atoms with Gasteiger partial charge in [-0.25, -0.2) is 10.4 Å². The molecule has 0 fully saturated rings. The van der Waals surface area contributed by atoms with Crippen LogP contribution in [0.15, 0.2) is 72.9 Å². The zero-order chi connectivity index (χ0) is 15.9. The van der Waals surface area contributed by atoms with E-state index in [0.717, 1.165) is 22.4 Å². The largest absolute Gasteiger partial charge is 0.321 e. The van der Waals surface area contributed by atoms with Crippen LogP contribution in [0.2, 0.25) is 0 Å². The zero-order valence-corrected chi connectivity index (χ0v) is 12.5. The van der Waals surface area contributed by atoms with Crippen molar-refractivity contribution in [2.75, 3.05) is 5.43 Å². The number of anilines is 1. The van der Waals surface area contributed by atoms with E-state index >= 15 is 0 Å². The van der Waals surface area contributed by atoms with E-state index in [0.29, 0.717) is 12.2 Å². The number of para-hydroxylation sites is 1. The molecule has 0 aliphatic rings. The lowest BCUT2D eigenvalue weighted by Gasteiger charge is -2.09. The van der Waals surface area contributed by atoms with Crippen molar-refractivity contribution in [2.45, 2.75) is 6.54 Å². The number of nitrogens with zero attached hydrogens (tertiary/aromatic N) is 2. The summed E-state index contributed by atoms with van der Waals surface area (Å²) in [6.45, 7) is 0.702. The molecule has 23 heavy (non-hydrogen) atoms. The topological polar surface area (TPSA) is 60.7 Å². The van der Waals surface area contributed by atoms with E-state index in [1.807, 2.05) is 66.7 Å². The lowest BCUT2D eigenvalue weighted by Crippen LogP contribution is -2.20. The van der Waals surface area contributed by atoms with E-state index in [1.54, 1.807) is 6.20 Å². The highest BCUT2D eigenvalue weighted by atomic mass is 15.3. The van der Waals surface area contributed by atoms with Crippen LogP contribution in [0, 0.1) is 11.3 Å². The Balaban J connectivity index is 1.64. The Morgan fingerprint density at radius 2 is 1.70 bits per heavy atom. The molecule has 3 aromatic rings. The van der Waals surface area contributed by atoms with Crippen LogP contribution < -0.4 is 10.9 Å². The lowest BCUT2D eigenvalue weighted by molar-refractivity contribution is 0.801. The van der Waals surface area contributed by atoms with E-state index in [9.17, 15) is 0 Å². The average molecular weight is 300 g/mol. The molecule has 0 amide bonds. The average Bonchev–Trinajstić information content (AvgIpc) is 2.63. The Bertz CT molecular complexity index is 805. The number of benzene rings is 2. The Kier molecular flexibility index (Phi) is 4.63. The molecule has 0 atom stereocenters. The number of hydrazine groups is 1. The molecule has 1 heterocycles. The summed E-state index contributed by atoms with van der Waals surface area (Å²) in [5, 5.41) is 9.13. The second-order valence-corrected chi connectivity index (χ2v) is 5.05. The van der Waals surface area contributed by atoms with Crippen molar-refractivity contribution in [1.29, 1.82) is 5.26 Å². The molecular weight excluding hydrogens is 284 g/mol. The summed E-state index contributed by atoms with van der Waals surface area (Å²) in [7, 11) is 0. The first-order chi connectivity index (χ1) is 11.4. The summed E-state index contributed by atoms with van der Waals surface area (Å²) in [6, 6.07) is 24.0. The maximum Gasteiger partial charge on any atom is 0.148 e. The highest BCUT2D eigenvalue weighted by Gasteiger charge is 2.05. The quantitative estimate of drug-likeness (QED) is 0.705. The Morgan fingerprint density at radius 3 is 2.43 bits per heavy atom. The van der Waals surface area contributed by atoms with Crippen molar-refractivity contribution >= 4 is 5.69 Å². The number of rotatable bonds is 5. The van der Waals surface area contributed by atoms with Gasteiger partial charge >= 0.3 is 0 Å². The molecule has 0 saturated carbocycles. The van der Waals surface area contributed by atoms with Gasteiger partial charge in [0.25, 0.3) is 0 Å². The molecule has 112 valence electrons. The van der Waals surface area contributed by atoms with Gasteiger partial charge in [0.05, 0.1) is 0 Å². The van der Waals surface area contributed by atoms with Gasteiger partial charge in [0, 0.05) is 24.0 Å². The summed E-state index contributed by atoms with van der Waals surface area (Å²) < 4.78 is 0. The minimum absolute atomic E-state index is 0.448. The second kappa shape index (κ2) is 7.21. The Hall–Kier alpha value is -3.16. The molecule has 0 spiro atoms. The van der Waals surface area contributed by atoms with E-state index in [4.69, 9.17) is 5.26 Å². The van der Waals surface area contributed by atoms with Crippen LogP contribution in [0.4, 0.5) is 5.69 Å². The van der Waals surface area contributed by atoms with Gasteiger partial charge in [-0.2, -0.15) is 5.26 Å². The molecule has 2 N–H and O–H groups in total. The van der Waals surface area contributed by atoms with Crippen LogP contribution in [0.3, 0.4) is 0 Å². The number of aromatic nitrogens is 1. The van der Waals surface area contributed by atoms with Gasteiger partial charge in [0.2, 0.25) is 0 Å². The van der Waals surface area contributed by atoms with Crippen LogP contribution >= 0.6 is 0 Å². The number of hydrogen-bond acceptors (Lipinski definition) is 4. The molecule has 3 rings (SSSR count). The number of hydrogen-bond donors (Lipinski definition) is 2. The fraction of sp³-hybridized carbons (Fsp3) is 0.0526. The number of pyridine rings is 1. The summed E-state index contributed by atoms with van der Waals surface area (Å²) >= 11 is 0. The zero-order valence-electron chi connectivity index (χ0n) is 12.5. The molecule has 0 bridgehead atoms. The van der Waals surface area contributed by atoms with Crippen LogP contribution in [0.1, 0.15) is 11.3 Å². The predicted molar refractivity (Wildman–Crippen MR) is 91.3 cm³/mol. The summed E-state index contributed by atoms with van der Waals surface area (Å²) in [5.41, 5.74) is 10.8. The fourth-order valence-electron chi connectivity index (χ4n) is 2.30. The van der Waals surface area contributed by atoms with Gasteiger partial charge in [-0.3, -0.25) is 0 Å². The van der Waals surface area contributed by atoms with E-state index in [-0.39, 0.29) is 0 Å². The van der Waals surface area contributed by atoms with Crippen molar-refractivity contribution < 1.29 is 0 Å². The fourth-order valence-corrected chi connectivity index (χ4v) is 2.30. The Labute approximate surface area is 135 Å². The molecule has 0 unspecified atom stereocenters. The SMILES string of the molecule is N#Cc1ncccc1-c1ccc(CNNc2ccccc2)cc1. The Morgan fingerprint density at radius 1 is 0.913 bits per heavy atom. The smallest absolute Gasteiger partial charge is 0.148 e. The van der Waals surface area contributed by atoms with Crippen LogP contribution in [0.25, 0.3) is 11.1 Å². The van der Waals surface area contributed by atoms with Crippen LogP contribution in [-0.2, 0) is 6.54 Å². The molecule has 4 heteroatoms. The first-order valence-corrected chi connectivity index (χ1v) is 7.35. The standard InChI is InChI=1S/C19H16N4/c20-13-19-18(7-4-12-21-19)16-10-8-15(9-11-16)14-22-23-17-5-2-1-3-6-17/h1-12,22-23H,14H2. The number of nitriles is 1. The van der Waals surface area contributed by atoms with Gasteiger partial charge in [-0.15, -0.1) is 0 Å². The summed E-state index contributed by atoms with van der Waals surface area (Å²) in [4.78, 5) is 4.10. The van der Waals surface area contributed by atoms with Gasteiger partial charge in [-0.1, -0.05) is 42.5 Å². The minimum Gasteiger partial charge on any atom is -0.321 e. The molecule has 0 radical (unpaired) electrons. The van der Waals surface area contributed by atoms with Crippen LogP contribution in [-0.4, -0.2) is 4.98 Å². The molecule has 4 nitrogen and oxygen atoms in total. The normalized spacial score (nSPS) is 10.0. The van der Waals surface area contributed by atoms with Crippen molar-refractivity contribution in [3.63, 3.8) is 0 Å². The third-order valence-corrected chi connectivity index (χ3v) is 3.48. The monoisotopic (exact) mass is 300 g/mol. The van der Waals surface area contributed by atoms with Gasteiger partial charge in [-0.05, 0) is 35.4 Å². The van der Waals surface area contributed by atoms with Gasteiger partial charge in [0.15, 0.2) is 0 Å². The van der Waals surface area contributed by atoms with Crippen molar-refractivity contribution in [1.82, 2.24) is 10.4 Å². The second-order valence-electron chi connectivity index (χ2n) is 5.05. The minimum atomic E-state index is 0.448. The summed E-state index contributed by atoms with van der Waals surface area (Å²) in [6.07, 6.45) is 1.63. The van der Waals surface area contributed by atoms with Crippen molar-refractivity contribution in [3.05, 3.63) is 84.2 Å². The molecule has 0 aliphatic carbocycles. The maximum absolute atomic E-state index is 9.13. The molecule has 1 aromatic heterocycles. The van der Waals surface area contributed by atoms with Crippen molar-refractivity contribution in [2.24, 2.45) is 0 Å². The first-order valence-electron chi connectivity index (χ1n) is 7.35.